The van der Waals surface area contributed by atoms with E-state index in [0.717, 1.165) is 0 Å². The lowest BCUT2D eigenvalue weighted by Gasteiger charge is -2.08. The summed E-state index contributed by atoms with van der Waals surface area (Å²) < 4.78 is 9.37. The molecule has 2 N–H and O–H groups in total. The quantitative estimate of drug-likeness (QED) is 0.301. The van der Waals surface area contributed by atoms with Crippen molar-refractivity contribution in [2.24, 2.45) is 0 Å². The standard InChI is InChI=1S/C9H15NO4/c1-4-14-9(12)8(6(2)11)7(10)5-13-3/h10-11H,4-5H2,1-3H3/b8-6-,10-7?. The van der Waals surface area contributed by atoms with Gasteiger partial charge in [-0.25, -0.2) is 4.79 Å². The van der Waals surface area contributed by atoms with Gasteiger partial charge in [0.2, 0.25) is 0 Å². The SMILES string of the molecule is CCOC(=O)/C(C(=N)COC)=C(/C)O. The van der Waals surface area contributed by atoms with Gasteiger partial charge in [0.25, 0.3) is 0 Å². The number of methoxy groups -OCH3 is 1. The first-order valence-corrected chi connectivity index (χ1v) is 4.18. The third kappa shape index (κ3) is 3.57. The van der Waals surface area contributed by atoms with Gasteiger partial charge < -0.3 is 20.0 Å². The molecule has 0 aromatic carbocycles. The zero-order chi connectivity index (χ0) is 11.1. The zero-order valence-electron chi connectivity index (χ0n) is 8.59. The molecule has 0 rings (SSSR count). The van der Waals surface area contributed by atoms with Crippen molar-refractivity contribution < 1.29 is 19.4 Å². The summed E-state index contributed by atoms with van der Waals surface area (Å²) in [5.74, 6) is -0.931. The van der Waals surface area contributed by atoms with E-state index in [-0.39, 0.29) is 30.3 Å². The fourth-order valence-corrected chi connectivity index (χ4v) is 0.909. The maximum absolute atomic E-state index is 11.3. The van der Waals surface area contributed by atoms with Crippen LogP contribution in [0.3, 0.4) is 0 Å². The minimum absolute atomic E-state index is 0.0357. The molecule has 0 aliphatic rings. The van der Waals surface area contributed by atoms with Gasteiger partial charge in [-0.05, 0) is 13.8 Å². The van der Waals surface area contributed by atoms with Crippen molar-refractivity contribution in [1.29, 1.82) is 5.41 Å². The zero-order valence-corrected chi connectivity index (χ0v) is 8.59. The Kier molecular flexibility index (Phi) is 5.55. The number of ether oxygens (including phenoxy) is 2. The predicted molar refractivity (Wildman–Crippen MR) is 51.6 cm³/mol. The molecule has 14 heavy (non-hydrogen) atoms. The molecule has 0 atom stereocenters. The van der Waals surface area contributed by atoms with Crippen LogP contribution in [0.25, 0.3) is 0 Å². The van der Waals surface area contributed by atoms with Crippen molar-refractivity contribution in [2.45, 2.75) is 13.8 Å². The normalized spacial score (nSPS) is 11.9. The van der Waals surface area contributed by atoms with Crippen molar-refractivity contribution in [3.8, 4) is 0 Å². The van der Waals surface area contributed by atoms with E-state index in [1.807, 2.05) is 0 Å². The van der Waals surface area contributed by atoms with Crippen LogP contribution in [-0.4, -0.2) is 37.1 Å². The highest BCUT2D eigenvalue weighted by molar-refractivity contribution is 6.19. The largest absolute Gasteiger partial charge is 0.512 e. The van der Waals surface area contributed by atoms with Crippen LogP contribution in [0.5, 0.6) is 0 Å². The number of hydrogen-bond donors (Lipinski definition) is 2. The number of aliphatic hydroxyl groups excluding tert-OH is 1. The van der Waals surface area contributed by atoms with E-state index < -0.39 is 5.97 Å². The summed E-state index contributed by atoms with van der Waals surface area (Å²) in [6.07, 6.45) is 0. The number of carbonyl (C=O) groups excluding carboxylic acids is 1. The van der Waals surface area contributed by atoms with Crippen LogP contribution >= 0.6 is 0 Å². The number of aliphatic hydroxyl groups is 1. The maximum atomic E-state index is 11.3. The van der Waals surface area contributed by atoms with Gasteiger partial charge in [0.15, 0.2) is 0 Å². The van der Waals surface area contributed by atoms with E-state index in [4.69, 9.17) is 5.41 Å². The number of nitrogens with one attached hydrogen (secondary N) is 1. The first-order valence-electron chi connectivity index (χ1n) is 4.18. The Morgan fingerprint density at radius 2 is 2.07 bits per heavy atom. The van der Waals surface area contributed by atoms with Crippen molar-refractivity contribution in [1.82, 2.24) is 0 Å². The fraction of sp³-hybridized carbons (Fsp3) is 0.556. The molecule has 80 valence electrons. The lowest BCUT2D eigenvalue weighted by molar-refractivity contribution is -0.138. The number of hydrogen-bond acceptors (Lipinski definition) is 5. The number of allylic oxidation sites excluding steroid dienone is 1. The molecule has 5 nitrogen and oxygen atoms in total. The molecule has 0 aromatic rings. The van der Waals surface area contributed by atoms with Crippen LogP contribution in [0.15, 0.2) is 11.3 Å². The molecule has 0 amide bonds. The highest BCUT2D eigenvalue weighted by Gasteiger charge is 2.19. The molecule has 0 heterocycles. The number of esters is 1. The first-order chi connectivity index (χ1) is 6.54. The molecule has 0 saturated carbocycles. The van der Waals surface area contributed by atoms with Crippen LogP contribution in [0, 0.1) is 5.41 Å². The summed E-state index contributed by atoms with van der Waals surface area (Å²) >= 11 is 0. The van der Waals surface area contributed by atoms with Gasteiger partial charge >= 0.3 is 5.97 Å². The molecule has 0 aromatic heterocycles. The van der Waals surface area contributed by atoms with Crippen molar-refractivity contribution in [3.63, 3.8) is 0 Å². The van der Waals surface area contributed by atoms with Gasteiger partial charge in [-0.1, -0.05) is 0 Å². The molecule has 0 fully saturated rings. The van der Waals surface area contributed by atoms with Crippen LogP contribution in [0.4, 0.5) is 0 Å². The Hall–Kier alpha value is -1.36. The summed E-state index contributed by atoms with van der Waals surface area (Å²) in [6.45, 7) is 3.15. The van der Waals surface area contributed by atoms with Gasteiger partial charge in [0.05, 0.1) is 18.9 Å². The van der Waals surface area contributed by atoms with Crippen molar-refractivity contribution in [2.75, 3.05) is 20.3 Å². The molecule has 5 heteroatoms. The fourth-order valence-electron chi connectivity index (χ4n) is 0.909. The molecular weight excluding hydrogens is 186 g/mol. The second-order valence-electron chi connectivity index (χ2n) is 2.59. The maximum Gasteiger partial charge on any atom is 0.343 e. The van der Waals surface area contributed by atoms with E-state index in [2.05, 4.69) is 9.47 Å². The van der Waals surface area contributed by atoms with Gasteiger partial charge in [0.1, 0.15) is 11.3 Å². The van der Waals surface area contributed by atoms with E-state index >= 15 is 0 Å². The summed E-state index contributed by atoms with van der Waals surface area (Å²) in [5.41, 5.74) is -0.223. The van der Waals surface area contributed by atoms with Crippen LogP contribution < -0.4 is 0 Å². The summed E-state index contributed by atoms with van der Waals surface area (Å²) in [6, 6.07) is 0. The molecular formula is C9H15NO4. The van der Waals surface area contributed by atoms with Gasteiger partial charge in [-0.3, -0.25) is 0 Å². The number of rotatable bonds is 5. The molecule has 0 saturated heterocycles. The summed E-state index contributed by atoms with van der Waals surface area (Å²) in [7, 11) is 1.41. The monoisotopic (exact) mass is 201 g/mol. The highest BCUT2D eigenvalue weighted by atomic mass is 16.5. The Labute approximate surface area is 82.8 Å². The topological polar surface area (TPSA) is 79.6 Å². The Morgan fingerprint density at radius 3 is 2.43 bits per heavy atom. The second kappa shape index (κ2) is 6.15. The van der Waals surface area contributed by atoms with Crippen LogP contribution in [-0.2, 0) is 14.3 Å². The van der Waals surface area contributed by atoms with E-state index in [1.165, 1.54) is 14.0 Å². The minimum atomic E-state index is -0.699. The average molecular weight is 201 g/mol. The van der Waals surface area contributed by atoms with Crippen molar-refractivity contribution >= 4 is 11.7 Å². The molecule has 0 aliphatic heterocycles. The van der Waals surface area contributed by atoms with E-state index in [1.54, 1.807) is 6.92 Å². The Bertz CT molecular complexity index is 234. The number of carbonyl (C=O) groups is 1. The van der Waals surface area contributed by atoms with Gasteiger partial charge in [0, 0.05) is 7.11 Å². The smallest absolute Gasteiger partial charge is 0.343 e. The Morgan fingerprint density at radius 1 is 1.50 bits per heavy atom. The molecule has 0 spiro atoms. The van der Waals surface area contributed by atoms with Crippen LogP contribution in [0.1, 0.15) is 13.8 Å². The van der Waals surface area contributed by atoms with Crippen molar-refractivity contribution in [3.05, 3.63) is 11.3 Å². The molecule has 0 radical (unpaired) electrons. The molecule has 0 aliphatic carbocycles. The van der Waals surface area contributed by atoms with E-state index in [0.29, 0.717) is 0 Å². The third-order valence-corrected chi connectivity index (χ3v) is 1.43. The lowest BCUT2D eigenvalue weighted by atomic mass is 10.1. The molecule has 0 unspecified atom stereocenters. The summed E-state index contributed by atoms with van der Waals surface area (Å²) in [5, 5.41) is 16.6. The third-order valence-electron chi connectivity index (χ3n) is 1.43. The minimum Gasteiger partial charge on any atom is -0.512 e. The van der Waals surface area contributed by atoms with E-state index in [9.17, 15) is 9.90 Å². The first kappa shape index (κ1) is 12.6. The predicted octanol–water partition coefficient (Wildman–Crippen LogP) is 1.05. The highest BCUT2D eigenvalue weighted by Crippen LogP contribution is 2.06. The van der Waals surface area contributed by atoms with Gasteiger partial charge in [-0.15, -0.1) is 0 Å². The summed E-state index contributed by atoms with van der Waals surface area (Å²) in [4.78, 5) is 11.3. The lowest BCUT2D eigenvalue weighted by Crippen LogP contribution is -2.20. The Balaban J connectivity index is 4.71. The van der Waals surface area contributed by atoms with Gasteiger partial charge in [-0.2, -0.15) is 0 Å². The average Bonchev–Trinajstić information content (AvgIpc) is 2.04. The second-order valence-corrected chi connectivity index (χ2v) is 2.59. The van der Waals surface area contributed by atoms with Crippen LogP contribution in [0.2, 0.25) is 0 Å². The molecule has 0 bridgehead atoms.